The van der Waals surface area contributed by atoms with Gasteiger partial charge in [-0.15, -0.1) is 0 Å². The fourth-order valence-electron chi connectivity index (χ4n) is 2.36. The molecule has 0 aromatic heterocycles. The molecule has 0 radical (unpaired) electrons. The van der Waals surface area contributed by atoms with Crippen LogP contribution in [0, 0.1) is 5.92 Å². The first-order valence-electron chi connectivity index (χ1n) is 11.2. The predicted molar refractivity (Wildman–Crippen MR) is 122 cm³/mol. The molecule has 29 heavy (non-hydrogen) atoms. The van der Waals surface area contributed by atoms with Gasteiger partial charge in [0.25, 0.3) is 0 Å². The molecule has 1 rings (SSSR count). The topological polar surface area (TPSA) is 84.5 Å². The second-order valence-corrected chi connectivity index (χ2v) is 7.72. The standard InChI is InChI=1S/C8H16O.C7H13NO.C6H12O2.C2H7N/c1-4-5-6-8(9)7(2)3;9-6-8-7-4-2-1-3-5-7;1-6(2)8-5-3-4-7;1-3-2/h7H,4-6H2,1-3H3;6-7H,1-5H2,(H,8,9);4,6H,3,5H2,1-2H3;3H,1-2H3. The summed E-state index contributed by atoms with van der Waals surface area (Å²) in [6, 6.07) is 0.483. The molecule has 0 heterocycles. The van der Waals surface area contributed by atoms with Gasteiger partial charge >= 0.3 is 0 Å². The predicted octanol–water partition coefficient (Wildman–Crippen LogP) is 4.30. The van der Waals surface area contributed by atoms with E-state index in [4.69, 9.17) is 4.74 Å². The van der Waals surface area contributed by atoms with E-state index in [0.717, 1.165) is 32.0 Å². The van der Waals surface area contributed by atoms with Crippen LogP contribution in [-0.2, 0) is 19.1 Å². The van der Waals surface area contributed by atoms with Gasteiger partial charge in [-0.25, -0.2) is 0 Å². The van der Waals surface area contributed by atoms with Crippen molar-refractivity contribution < 1.29 is 19.1 Å². The second kappa shape index (κ2) is 26.7. The fourth-order valence-corrected chi connectivity index (χ4v) is 2.36. The summed E-state index contributed by atoms with van der Waals surface area (Å²) in [6.07, 6.45) is 11.7. The number of hydrogen-bond acceptors (Lipinski definition) is 5. The molecule has 0 aromatic rings. The SMILES string of the molecule is CC(C)OCCC=O.CCCCC(=O)C(C)C.CNC.O=CNC1CCCCC1. The Morgan fingerprint density at radius 3 is 2.00 bits per heavy atom. The zero-order valence-electron chi connectivity index (χ0n) is 20.1. The van der Waals surface area contributed by atoms with E-state index in [1.165, 1.54) is 32.1 Å². The van der Waals surface area contributed by atoms with Crippen LogP contribution >= 0.6 is 0 Å². The zero-order valence-corrected chi connectivity index (χ0v) is 20.1. The molecule has 0 bridgehead atoms. The highest BCUT2D eigenvalue weighted by atomic mass is 16.5. The largest absolute Gasteiger partial charge is 0.378 e. The van der Waals surface area contributed by atoms with Crippen LogP contribution in [0.3, 0.4) is 0 Å². The quantitative estimate of drug-likeness (QED) is 0.410. The van der Waals surface area contributed by atoms with Crippen molar-refractivity contribution in [2.75, 3.05) is 20.7 Å². The van der Waals surface area contributed by atoms with Gasteiger partial charge in [-0.1, -0.05) is 46.5 Å². The summed E-state index contributed by atoms with van der Waals surface area (Å²) >= 11 is 0. The summed E-state index contributed by atoms with van der Waals surface area (Å²) in [5.41, 5.74) is 0. The monoisotopic (exact) mass is 416 g/mol. The molecular formula is C23H48N2O4. The van der Waals surface area contributed by atoms with E-state index >= 15 is 0 Å². The van der Waals surface area contributed by atoms with Crippen LogP contribution in [-0.4, -0.2) is 51.3 Å². The van der Waals surface area contributed by atoms with Crippen molar-refractivity contribution in [2.45, 2.75) is 105 Å². The van der Waals surface area contributed by atoms with Gasteiger partial charge in [0, 0.05) is 24.8 Å². The first-order valence-corrected chi connectivity index (χ1v) is 11.2. The van der Waals surface area contributed by atoms with Crippen LogP contribution in [0.25, 0.3) is 0 Å². The normalized spacial score (nSPS) is 13.1. The van der Waals surface area contributed by atoms with Crippen LogP contribution in [0.5, 0.6) is 0 Å². The summed E-state index contributed by atoms with van der Waals surface area (Å²) in [7, 11) is 3.75. The third kappa shape index (κ3) is 31.6. The lowest BCUT2D eigenvalue weighted by atomic mass is 9.96. The minimum atomic E-state index is 0.233. The number of ether oxygens (including phenoxy) is 1. The van der Waals surface area contributed by atoms with Crippen molar-refractivity contribution in [2.24, 2.45) is 5.92 Å². The van der Waals surface area contributed by atoms with E-state index in [0.29, 0.717) is 24.9 Å². The highest BCUT2D eigenvalue weighted by Gasteiger charge is 2.10. The number of Topliss-reactive ketones (excluding diaryl/α,β-unsaturated/α-hetero) is 1. The molecule has 0 saturated heterocycles. The van der Waals surface area contributed by atoms with Crippen LogP contribution in [0.2, 0.25) is 0 Å². The summed E-state index contributed by atoms with van der Waals surface area (Å²) in [4.78, 5) is 30.6. The maximum atomic E-state index is 10.9. The zero-order chi connectivity index (χ0) is 22.9. The minimum Gasteiger partial charge on any atom is -0.378 e. The molecule has 1 aliphatic rings. The Hall–Kier alpha value is -1.27. The first-order chi connectivity index (χ1) is 13.8. The molecule has 1 saturated carbocycles. The van der Waals surface area contributed by atoms with Crippen molar-refractivity contribution in [3.8, 4) is 0 Å². The second-order valence-electron chi connectivity index (χ2n) is 7.72. The van der Waals surface area contributed by atoms with E-state index in [1.54, 1.807) is 0 Å². The van der Waals surface area contributed by atoms with Gasteiger partial charge in [-0.3, -0.25) is 9.59 Å². The van der Waals surface area contributed by atoms with E-state index in [1.807, 2.05) is 41.8 Å². The molecule has 174 valence electrons. The van der Waals surface area contributed by atoms with Crippen molar-refractivity contribution in [1.82, 2.24) is 10.6 Å². The van der Waals surface area contributed by atoms with Crippen LogP contribution in [0.15, 0.2) is 0 Å². The number of nitrogens with one attached hydrogen (secondary N) is 2. The number of amides is 1. The molecule has 0 unspecified atom stereocenters. The van der Waals surface area contributed by atoms with Crippen LogP contribution in [0.4, 0.5) is 0 Å². The molecule has 1 amide bonds. The Morgan fingerprint density at radius 2 is 1.62 bits per heavy atom. The average molecular weight is 417 g/mol. The van der Waals surface area contributed by atoms with E-state index in [9.17, 15) is 14.4 Å². The maximum absolute atomic E-state index is 10.9. The average Bonchev–Trinajstić information content (AvgIpc) is 2.69. The molecule has 0 spiro atoms. The molecular weight excluding hydrogens is 368 g/mol. The molecule has 0 atom stereocenters. The number of rotatable bonds is 10. The highest BCUT2D eigenvalue weighted by molar-refractivity contribution is 5.80. The smallest absolute Gasteiger partial charge is 0.207 e. The van der Waals surface area contributed by atoms with Crippen molar-refractivity contribution in [3.63, 3.8) is 0 Å². The Balaban J connectivity index is -0.000000328. The molecule has 2 N–H and O–H groups in total. The fraction of sp³-hybridized carbons (Fsp3) is 0.870. The number of aldehydes is 1. The van der Waals surface area contributed by atoms with Gasteiger partial charge in [0.2, 0.25) is 6.41 Å². The van der Waals surface area contributed by atoms with Crippen LogP contribution < -0.4 is 10.6 Å². The Kier molecular flexibility index (Phi) is 29.9. The number of ketones is 1. The minimum absolute atomic E-state index is 0.233. The van der Waals surface area contributed by atoms with Gasteiger partial charge in [-0.05, 0) is 47.2 Å². The Labute approximate surface area is 179 Å². The Morgan fingerprint density at radius 1 is 1.07 bits per heavy atom. The van der Waals surface area contributed by atoms with E-state index < -0.39 is 0 Å². The third-order valence-electron chi connectivity index (χ3n) is 4.02. The van der Waals surface area contributed by atoms with Gasteiger partial charge in [0.1, 0.15) is 12.1 Å². The Bertz CT molecular complexity index is 355. The number of hydrogen-bond donors (Lipinski definition) is 2. The van der Waals surface area contributed by atoms with Gasteiger partial charge < -0.3 is 20.2 Å². The van der Waals surface area contributed by atoms with Crippen molar-refractivity contribution in [3.05, 3.63) is 0 Å². The summed E-state index contributed by atoms with van der Waals surface area (Å²) < 4.78 is 5.05. The van der Waals surface area contributed by atoms with Crippen molar-refractivity contribution in [1.29, 1.82) is 0 Å². The molecule has 6 nitrogen and oxygen atoms in total. The molecule has 6 heteroatoms. The van der Waals surface area contributed by atoms with Crippen LogP contribution in [0.1, 0.15) is 92.4 Å². The lowest BCUT2D eigenvalue weighted by Crippen LogP contribution is -2.29. The molecule has 0 aromatic carbocycles. The number of unbranched alkanes of at least 4 members (excludes halogenated alkanes) is 1. The molecule has 0 aliphatic heterocycles. The number of carbonyl (C=O) groups excluding carboxylic acids is 3. The van der Waals surface area contributed by atoms with Gasteiger partial charge in [-0.2, -0.15) is 0 Å². The van der Waals surface area contributed by atoms with E-state index in [-0.39, 0.29) is 12.0 Å². The highest BCUT2D eigenvalue weighted by Crippen LogP contribution is 2.16. The lowest BCUT2D eigenvalue weighted by molar-refractivity contribution is -0.122. The first kappa shape index (κ1) is 32.4. The summed E-state index contributed by atoms with van der Waals surface area (Å²) in [5, 5.41) is 5.55. The molecule has 1 aliphatic carbocycles. The maximum Gasteiger partial charge on any atom is 0.207 e. The summed E-state index contributed by atoms with van der Waals surface area (Å²) in [5.74, 6) is 0.633. The van der Waals surface area contributed by atoms with E-state index in [2.05, 4.69) is 17.6 Å². The van der Waals surface area contributed by atoms with Gasteiger partial charge in [0.15, 0.2) is 0 Å². The number of carbonyl (C=O) groups is 3. The molecule has 1 fully saturated rings. The van der Waals surface area contributed by atoms with Crippen molar-refractivity contribution >= 4 is 18.5 Å². The summed E-state index contributed by atoms with van der Waals surface area (Å²) in [6.45, 7) is 10.5. The third-order valence-corrected chi connectivity index (χ3v) is 4.02. The lowest BCUT2D eigenvalue weighted by Gasteiger charge is -2.19. The van der Waals surface area contributed by atoms with Gasteiger partial charge in [0.05, 0.1) is 12.7 Å².